The number of hydrogen-bond acceptors (Lipinski definition) is 1. The van der Waals surface area contributed by atoms with Crippen LogP contribution in [0.15, 0.2) is 42.6 Å². The molecule has 0 amide bonds. The van der Waals surface area contributed by atoms with Crippen molar-refractivity contribution in [2.45, 2.75) is 13.3 Å². The minimum absolute atomic E-state index is 0.673. The first-order chi connectivity index (χ1) is 7.81. The number of allylic oxidation sites excluding steroid dienone is 2. The van der Waals surface area contributed by atoms with Gasteiger partial charge in [0.2, 0.25) is 0 Å². The number of rotatable bonds is 3. The molecule has 0 spiro atoms. The molecule has 2 aromatic rings. The summed E-state index contributed by atoms with van der Waals surface area (Å²) >= 11 is 5.67. The molecule has 0 radical (unpaired) electrons. The van der Waals surface area contributed by atoms with Crippen molar-refractivity contribution in [2.75, 3.05) is 5.88 Å². The van der Waals surface area contributed by atoms with E-state index in [-0.39, 0.29) is 0 Å². The van der Waals surface area contributed by atoms with Gasteiger partial charge in [0.05, 0.1) is 5.52 Å². The van der Waals surface area contributed by atoms with Gasteiger partial charge in [0, 0.05) is 17.5 Å². The number of halogens is 1. The fourth-order valence-corrected chi connectivity index (χ4v) is 1.82. The molecule has 16 heavy (non-hydrogen) atoms. The molecule has 82 valence electrons. The Hall–Kier alpha value is -1.34. The minimum Gasteiger partial charge on any atom is -0.256 e. The summed E-state index contributed by atoms with van der Waals surface area (Å²) in [5.74, 6) is 0.673. The number of nitrogens with zero attached hydrogens (tertiary/aromatic N) is 1. The molecule has 0 saturated heterocycles. The summed E-state index contributed by atoms with van der Waals surface area (Å²) in [4.78, 5) is 4.30. The largest absolute Gasteiger partial charge is 0.256 e. The van der Waals surface area contributed by atoms with Crippen molar-refractivity contribution in [3.8, 4) is 0 Å². The van der Waals surface area contributed by atoms with Gasteiger partial charge in [-0.2, -0.15) is 0 Å². The second-order valence-electron chi connectivity index (χ2n) is 3.78. The van der Waals surface area contributed by atoms with Crippen LogP contribution in [0, 0.1) is 0 Å². The first-order valence-electron chi connectivity index (χ1n) is 5.39. The fraction of sp³-hybridized carbons (Fsp3) is 0.214. The number of benzene rings is 1. The summed E-state index contributed by atoms with van der Waals surface area (Å²) in [5.41, 5.74) is 3.55. The van der Waals surface area contributed by atoms with Gasteiger partial charge in [-0.15, -0.1) is 11.6 Å². The highest BCUT2D eigenvalue weighted by molar-refractivity contribution is 6.17. The predicted molar refractivity (Wildman–Crippen MR) is 70.7 cm³/mol. The van der Waals surface area contributed by atoms with Gasteiger partial charge in [-0.3, -0.25) is 4.98 Å². The third-order valence-electron chi connectivity index (χ3n) is 2.62. The van der Waals surface area contributed by atoms with Gasteiger partial charge < -0.3 is 0 Å². The van der Waals surface area contributed by atoms with E-state index >= 15 is 0 Å². The summed E-state index contributed by atoms with van der Waals surface area (Å²) in [5, 5.41) is 1.18. The topological polar surface area (TPSA) is 12.9 Å². The molecule has 0 aliphatic heterocycles. The van der Waals surface area contributed by atoms with Gasteiger partial charge in [0.15, 0.2) is 0 Å². The Balaban J connectivity index is 2.39. The lowest BCUT2D eigenvalue weighted by atomic mass is 10.0. The van der Waals surface area contributed by atoms with Crippen LogP contribution in [0.5, 0.6) is 0 Å². The maximum atomic E-state index is 5.67. The highest BCUT2D eigenvalue weighted by atomic mass is 35.5. The molecule has 0 atom stereocenters. The molecule has 1 nitrogen and oxygen atoms in total. The van der Waals surface area contributed by atoms with Crippen LogP contribution in [0.1, 0.15) is 18.9 Å². The number of hydrogen-bond donors (Lipinski definition) is 0. The normalized spacial score (nSPS) is 12.0. The van der Waals surface area contributed by atoms with Crippen molar-refractivity contribution >= 4 is 28.1 Å². The van der Waals surface area contributed by atoms with Crippen molar-refractivity contribution in [1.29, 1.82) is 0 Å². The third-order valence-corrected chi connectivity index (χ3v) is 2.84. The highest BCUT2D eigenvalue weighted by Crippen LogP contribution is 2.19. The van der Waals surface area contributed by atoms with Crippen molar-refractivity contribution in [2.24, 2.45) is 0 Å². The van der Waals surface area contributed by atoms with Crippen molar-refractivity contribution in [1.82, 2.24) is 4.98 Å². The van der Waals surface area contributed by atoms with E-state index in [0.717, 1.165) is 11.9 Å². The van der Waals surface area contributed by atoms with E-state index < -0.39 is 0 Å². The fourth-order valence-electron chi connectivity index (χ4n) is 1.71. The smallest absolute Gasteiger partial charge is 0.0702 e. The Morgan fingerprint density at radius 2 is 2.25 bits per heavy atom. The average molecular weight is 232 g/mol. The third kappa shape index (κ3) is 2.42. The summed E-state index contributed by atoms with van der Waals surface area (Å²) in [6.07, 6.45) is 4.90. The molecule has 1 aromatic heterocycles. The summed E-state index contributed by atoms with van der Waals surface area (Å²) < 4.78 is 0. The molecular formula is C14H14ClN. The van der Waals surface area contributed by atoms with E-state index in [4.69, 9.17) is 11.6 Å². The van der Waals surface area contributed by atoms with E-state index in [1.54, 1.807) is 0 Å². The average Bonchev–Trinajstić information content (AvgIpc) is 2.35. The monoisotopic (exact) mass is 231 g/mol. The van der Waals surface area contributed by atoms with Crippen LogP contribution in [-0.2, 0) is 0 Å². The standard InChI is InChI=1S/C14H14ClN/c1-11(4-2-8-15)12-6-7-14-13(10-12)5-3-9-16-14/h3-7,9-10H,2,8H2,1H3/b11-4-. The van der Waals surface area contributed by atoms with Crippen LogP contribution in [0.4, 0.5) is 0 Å². The van der Waals surface area contributed by atoms with Gasteiger partial charge in [-0.1, -0.05) is 18.2 Å². The zero-order chi connectivity index (χ0) is 11.4. The summed E-state index contributed by atoms with van der Waals surface area (Å²) in [6.45, 7) is 2.12. The van der Waals surface area contributed by atoms with Crippen molar-refractivity contribution < 1.29 is 0 Å². The lowest BCUT2D eigenvalue weighted by molar-refractivity contribution is 1.23. The Morgan fingerprint density at radius 3 is 3.06 bits per heavy atom. The molecule has 0 aliphatic rings. The van der Waals surface area contributed by atoms with Gasteiger partial charge in [0.25, 0.3) is 0 Å². The van der Waals surface area contributed by atoms with E-state index in [9.17, 15) is 0 Å². The molecule has 1 heterocycles. The molecule has 0 bridgehead atoms. The van der Waals surface area contributed by atoms with Gasteiger partial charge >= 0.3 is 0 Å². The van der Waals surface area contributed by atoms with Gasteiger partial charge in [0.1, 0.15) is 0 Å². The lowest BCUT2D eigenvalue weighted by Crippen LogP contribution is -1.83. The van der Waals surface area contributed by atoms with E-state index in [0.29, 0.717) is 5.88 Å². The van der Waals surface area contributed by atoms with Crippen LogP contribution >= 0.6 is 11.6 Å². The molecule has 0 N–H and O–H groups in total. The molecule has 0 aliphatic carbocycles. The quantitative estimate of drug-likeness (QED) is 0.719. The number of alkyl halides is 1. The first-order valence-corrected chi connectivity index (χ1v) is 5.92. The number of pyridine rings is 1. The first kappa shape index (κ1) is 11.2. The molecule has 2 rings (SSSR count). The Morgan fingerprint density at radius 1 is 1.38 bits per heavy atom. The number of fused-ring (bicyclic) bond motifs is 1. The number of aromatic nitrogens is 1. The van der Waals surface area contributed by atoms with Gasteiger partial charge in [-0.05, 0) is 42.7 Å². The van der Waals surface area contributed by atoms with E-state index in [2.05, 4.69) is 42.2 Å². The maximum Gasteiger partial charge on any atom is 0.0702 e. The van der Waals surface area contributed by atoms with Crippen molar-refractivity contribution in [3.63, 3.8) is 0 Å². The molecular weight excluding hydrogens is 218 g/mol. The second kappa shape index (κ2) is 5.13. The maximum absolute atomic E-state index is 5.67. The Kier molecular flexibility index (Phi) is 3.58. The molecule has 1 aromatic carbocycles. The Labute approximate surface area is 101 Å². The van der Waals surface area contributed by atoms with E-state index in [1.807, 2.05) is 12.3 Å². The van der Waals surface area contributed by atoms with Crippen LogP contribution in [0.2, 0.25) is 0 Å². The van der Waals surface area contributed by atoms with Crippen molar-refractivity contribution in [3.05, 3.63) is 48.2 Å². The van der Waals surface area contributed by atoms with Crippen LogP contribution < -0.4 is 0 Å². The van der Waals surface area contributed by atoms with E-state index in [1.165, 1.54) is 16.5 Å². The Bertz CT molecular complexity index is 517. The van der Waals surface area contributed by atoms with Gasteiger partial charge in [-0.25, -0.2) is 0 Å². The second-order valence-corrected chi connectivity index (χ2v) is 4.15. The summed E-state index contributed by atoms with van der Waals surface area (Å²) in [6, 6.07) is 10.4. The minimum atomic E-state index is 0.673. The molecule has 2 heteroatoms. The highest BCUT2D eigenvalue weighted by Gasteiger charge is 1.98. The van der Waals surface area contributed by atoms with Crippen LogP contribution in [0.25, 0.3) is 16.5 Å². The van der Waals surface area contributed by atoms with Crippen LogP contribution in [-0.4, -0.2) is 10.9 Å². The van der Waals surface area contributed by atoms with Crippen LogP contribution in [0.3, 0.4) is 0 Å². The molecule has 0 unspecified atom stereocenters. The predicted octanol–water partition coefficient (Wildman–Crippen LogP) is 4.27. The zero-order valence-corrected chi connectivity index (χ0v) is 10.0. The lowest BCUT2D eigenvalue weighted by Gasteiger charge is -2.03. The molecule has 0 fully saturated rings. The molecule has 0 saturated carbocycles. The SMILES string of the molecule is C/C(=C/CCCl)c1ccc2ncccc2c1. The zero-order valence-electron chi connectivity index (χ0n) is 9.28. The summed E-state index contributed by atoms with van der Waals surface area (Å²) in [7, 11) is 0.